The molecule has 0 spiro atoms. The molecule has 1 N–H and O–H groups in total. The van der Waals surface area contributed by atoms with Crippen LogP contribution in [0.4, 0.5) is 0 Å². The van der Waals surface area contributed by atoms with Crippen LogP contribution in [0.2, 0.25) is 0 Å². The molecule has 1 aromatic heterocycles. The first kappa shape index (κ1) is 16.2. The molecule has 0 saturated heterocycles. The average Bonchev–Trinajstić information content (AvgIpc) is 2.54. The molecule has 0 aliphatic heterocycles. The molecule has 1 heterocycles. The summed E-state index contributed by atoms with van der Waals surface area (Å²) in [5.41, 5.74) is 1.35. The molecule has 1 amide bonds. The lowest BCUT2D eigenvalue weighted by atomic mass is 10.2. The van der Waals surface area contributed by atoms with Crippen LogP contribution in [0, 0.1) is 0 Å². The predicted octanol–water partition coefficient (Wildman–Crippen LogP) is 2.15. The molecule has 2 rings (SSSR count). The number of rotatable bonds is 6. The van der Waals surface area contributed by atoms with Crippen LogP contribution in [0.5, 0.6) is 5.88 Å². The summed E-state index contributed by atoms with van der Waals surface area (Å²) >= 11 is 0. The fourth-order valence-corrected chi connectivity index (χ4v) is 2.42. The molecule has 6 heteroatoms. The minimum atomic E-state index is -1.05. The fourth-order valence-electron chi connectivity index (χ4n) is 1.90. The summed E-state index contributed by atoms with van der Waals surface area (Å²) in [6.07, 6.45) is 3.26. The maximum Gasteiger partial charge on any atom is 0.251 e. The summed E-state index contributed by atoms with van der Waals surface area (Å²) in [7, 11) is -1.05. The van der Waals surface area contributed by atoms with E-state index in [-0.39, 0.29) is 5.91 Å². The van der Waals surface area contributed by atoms with Crippen LogP contribution in [0.1, 0.15) is 22.8 Å². The van der Waals surface area contributed by atoms with Crippen molar-refractivity contribution in [3.63, 3.8) is 0 Å². The van der Waals surface area contributed by atoms with Crippen LogP contribution < -0.4 is 10.1 Å². The number of carbonyl (C=O) groups is 1. The van der Waals surface area contributed by atoms with Gasteiger partial charge in [-0.3, -0.25) is 9.00 Å². The number of hydrogen-bond acceptors (Lipinski definition) is 4. The Morgan fingerprint density at radius 1 is 1.27 bits per heavy atom. The van der Waals surface area contributed by atoms with Crippen molar-refractivity contribution in [2.75, 3.05) is 12.9 Å². The van der Waals surface area contributed by atoms with Crippen LogP contribution in [0.25, 0.3) is 0 Å². The van der Waals surface area contributed by atoms with Crippen LogP contribution >= 0.6 is 0 Å². The lowest BCUT2D eigenvalue weighted by molar-refractivity contribution is 0.0950. The van der Waals surface area contributed by atoms with E-state index in [2.05, 4.69) is 10.3 Å². The second-order valence-corrected chi connectivity index (χ2v) is 5.94. The van der Waals surface area contributed by atoms with Gasteiger partial charge in [0, 0.05) is 45.8 Å². The van der Waals surface area contributed by atoms with Gasteiger partial charge in [0.1, 0.15) is 0 Å². The monoisotopic (exact) mass is 318 g/mol. The first-order chi connectivity index (χ1) is 10.6. The second-order valence-electron chi connectivity index (χ2n) is 4.56. The second kappa shape index (κ2) is 7.70. The molecule has 22 heavy (non-hydrogen) atoms. The number of nitrogens with zero attached hydrogens (tertiary/aromatic N) is 1. The first-order valence-corrected chi connectivity index (χ1v) is 8.46. The maximum atomic E-state index is 12.1. The number of amides is 1. The molecule has 0 fully saturated rings. The molecule has 1 unspecified atom stereocenters. The van der Waals surface area contributed by atoms with Crippen molar-refractivity contribution in [2.45, 2.75) is 18.4 Å². The van der Waals surface area contributed by atoms with Crippen LogP contribution in [-0.2, 0) is 17.3 Å². The topological polar surface area (TPSA) is 68.3 Å². The molecule has 116 valence electrons. The zero-order valence-electron chi connectivity index (χ0n) is 12.5. The van der Waals surface area contributed by atoms with Gasteiger partial charge in [-0.2, -0.15) is 0 Å². The SMILES string of the molecule is CCOc1ncccc1CNC(=O)c1ccc(S(C)=O)cc1. The van der Waals surface area contributed by atoms with E-state index in [1.165, 1.54) is 0 Å². The average molecular weight is 318 g/mol. The fraction of sp³-hybridized carbons (Fsp3) is 0.250. The van der Waals surface area contributed by atoms with Crippen molar-refractivity contribution in [1.29, 1.82) is 0 Å². The standard InChI is InChI=1S/C16H18N2O3S/c1-3-21-16-13(5-4-10-17-16)11-18-15(19)12-6-8-14(9-7-12)22(2)20/h4-10H,3,11H2,1-2H3,(H,18,19). The Kier molecular flexibility index (Phi) is 5.66. The van der Waals surface area contributed by atoms with Gasteiger partial charge in [-0.25, -0.2) is 4.98 Å². The van der Waals surface area contributed by atoms with Crippen molar-refractivity contribution in [3.8, 4) is 5.88 Å². The third kappa shape index (κ3) is 4.14. The summed E-state index contributed by atoms with van der Waals surface area (Å²) in [5.74, 6) is 0.335. The van der Waals surface area contributed by atoms with Gasteiger partial charge in [-0.1, -0.05) is 6.07 Å². The zero-order valence-corrected chi connectivity index (χ0v) is 13.4. The molecular weight excluding hydrogens is 300 g/mol. The van der Waals surface area contributed by atoms with Crippen molar-refractivity contribution >= 4 is 16.7 Å². The van der Waals surface area contributed by atoms with Crippen LogP contribution in [0.3, 0.4) is 0 Å². The van der Waals surface area contributed by atoms with Gasteiger partial charge in [0.15, 0.2) is 0 Å². The number of hydrogen-bond donors (Lipinski definition) is 1. The molecular formula is C16H18N2O3S. The summed E-state index contributed by atoms with van der Waals surface area (Å²) in [5, 5.41) is 2.83. The molecule has 0 aliphatic carbocycles. The third-order valence-corrected chi connectivity index (χ3v) is 3.95. The maximum absolute atomic E-state index is 12.1. The van der Waals surface area contributed by atoms with Gasteiger partial charge in [0.25, 0.3) is 5.91 Å². The van der Waals surface area contributed by atoms with Gasteiger partial charge < -0.3 is 10.1 Å². The lowest BCUT2D eigenvalue weighted by Crippen LogP contribution is -2.23. The Morgan fingerprint density at radius 2 is 2.00 bits per heavy atom. The largest absolute Gasteiger partial charge is 0.478 e. The lowest BCUT2D eigenvalue weighted by Gasteiger charge is -2.10. The molecule has 0 saturated carbocycles. The zero-order chi connectivity index (χ0) is 15.9. The van der Waals surface area contributed by atoms with Crippen LogP contribution in [-0.4, -0.2) is 28.0 Å². The van der Waals surface area contributed by atoms with E-state index in [1.54, 1.807) is 42.8 Å². The van der Waals surface area contributed by atoms with Crippen molar-refractivity contribution in [2.24, 2.45) is 0 Å². The first-order valence-electron chi connectivity index (χ1n) is 6.90. The van der Waals surface area contributed by atoms with E-state index >= 15 is 0 Å². The van der Waals surface area contributed by atoms with Gasteiger partial charge in [0.05, 0.1) is 6.61 Å². The molecule has 0 radical (unpaired) electrons. The Labute approximate surface area is 132 Å². The quantitative estimate of drug-likeness (QED) is 0.886. The molecule has 0 aliphatic rings. The molecule has 2 aromatic rings. The Bertz CT molecular complexity index is 671. The minimum absolute atomic E-state index is 0.195. The summed E-state index contributed by atoms with van der Waals surface area (Å²) in [6, 6.07) is 10.4. The molecule has 0 bridgehead atoms. The Balaban J connectivity index is 2.02. The van der Waals surface area contributed by atoms with Crippen molar-refractivity contribution in [3.05, 3.63) is 53.7 Å². The van der Waals surface area contributed by atoms with E-state index < -0.39 is 10.8 Å². The summed E-state index contributed by atoms with van der Waals surface area (Å²) in [4.78, 5) is 17.0. The number of pyridine rings is 1. The normalized spacial score (nSPS) is 11.7. The summed E-state index contributed by atoms with van der Waals surface area (Å²) in [6.45, 7) is 2.74. The highest BCUT2D eigenvalue weighted by Gasteiger charge is 2.09. The third-order valence-electron chi connectivity index (χ3n) is 3.02. The van der Waals surface area contributed by atoms with Gasteiger partial charge in [0.2, 0.25) is 5.88 Å². The van der Waals surface area contributed by atoms with E-state index in [9.17, 15) is 9.00 Å². The highest BCUT2D eigenvalue weighted by molar-refractivity contribution is 7.84. The number of carbonyl (C=O) groups excluding carboxylic acids is 1. The van der Waals surface area contributed by atoms with Crippen LogP contribution in [0.15, 0.2) is 47.5 Å². The summed E-state index contributed by atoms with van der Waals surface area (Å²) < 4.78 is 16.7. The highest BCUT2D eigenvalue weighted by atomic mass is 32.2. The Hall–Kier alpha value is -2.21. The van der Waals surface area contributed by atoms with E-state index in [1.807, 2.05) is 13.0 Å². The van der Waals surface area contributed by atoms with Gasteiger partial charge in [-0.05, 0) is 37.3 Å². The van der Waals surface area contributed by atoms with Crippen molar-refractivity contribution < 1.29 is 13.7 Å². The highest BCUT2D eigenvalue weighted by Crippen LogP contribution is 2.14. The molecule has 5 nitrogen and oxygen atoms in total. The number of ether oxygens (including phenoxy) is 1. The Morgan fingerprint density at radius 3 is 2.64 bits per heavy atom. The van der Waals surface area contributed by atoms with Crippen molar-refractivity contribution in [1.82, 2.24) is 10.3 Å². The number of aromatic nitrogens is 1. The predicted molar refractivity (Wildman–Crippen MR) is 85.4 cm³/mol. The molecule has 1 aromatic carbocycles. The smallest absolute Gasteiger partial charge is 0.251 e. The van der Waals surface area contributed by atoms with E-state index in [0.29, 0.717) is 29.5 Å². The van der Waals surface area contributed by atoms with E-state index in [0.717, 1.165) is 5.56 Å². The number of nitrogens with one attached hydrogen (secondary N) is 1. The minimum Gasteiger partial charge on any atom is -0.478 e. The van der Waals surface area contributed by atoms with Gasteiger partial charge in [-0.15, -0.1) is 0 Å². The molecule has 1 atom stereocenters. The number of benzene rings is 1. The van der Waals surface area contributed by atoms with E-state index in [4.69, 9.17) is 4.74 Å². The van der Waals surface area contributed by atoms with Gasteiger partial charge >= 0.3 is 0 Å².